The van der Waals surface area contributed by atoms with Gasteiger partial charge in [0.2, 0.25) is 10.0 Å². The second kappa shape index (κ2) is 5.75. The van der Waals surface area contributed by atoms with Gasteiger partial charge in [-0.05, 0) is 24.3 Å². The molecule has 1 aliphatic heterocycles. The highest BCUT2D eigenvalue weighted by molar-refractivity contribution is 7.89. The van der Waals surface area contributed by atoms with E-state index < -0.39 is 10.0 Å². The molecular weight excluding hydrogens is 290 g/mol. The molecule has 0 aliphatic carbocycles. The highest BCUT2D eigenvalue weighted by Gasteiger charge is 2.23. The minimum Gasteiger partial charge on any atom is -0.486 e. The normalized spacial score (nSPS) is 17.4. The van der Waals surface area contributed by atoms with Crippen molar-refractivity contribution in [3.8, 4) is 11.5 Å². The summed E-state index contributed by atoms with van der Waals surface area (Å²) < 4.78 is 38.0. The molecule has 21 heavy (non-hydrogen) atoms. The van der Waals surface area contributed by atoms with E-state index in [9.17, 15) is 8.42 Å². The second-order valence-electron chi connectivity index (χ2n) is 4.66. The monoisotopic (exact) mass is 305 g/mol. The lowest BCUT2D eigenvalue weighted by atomic mass is 10.2. The Bertz CT molecular complexity index is 715. The Hall–Kier alpha value is -2.05. The van der Waals surface area contributed by atoms with E-state index in [-0.39, 0.29) is 17.5 Å². The molecule has 1 N–H and O–H groups in total. The van der Waals surface area contributed by atoms with Crippen LogP contribution >= 0.6 is 0 Å². The number of fused-ring (bicyclic) bond motifs is 1. The maximum absolute atomic E-state index is 12.1. The van der Waals surface area contributed by atoms with Crippen molar-refractivity contribution in [3.05, 3.63) is 54.6 Å². The molecule has 0 spiro atoms. The Kier molecular flexibility index (Phi) is 3.81. The fourth-order valence-electron chi connectivity index (χ4n) is 2.05. The molecule has 110 valence electrons. The molecular formula is C15H15NO4S. The zero-order valence-electron chi connectivity index (χ0n) is 11.2. The van der Waals surface area contributed by atoms with Gasteiger partial charge in [-0.3, -0.25) is 0 Å². The molecule has 1 heterocycles. The number of nitrogens with one attached hydrogen (secondary N) is 1. The lowest BCUT2D eigenvalue weighted by molar-refractivity contribution is 0.0943. The first kappa shape index (κ1) is 13.9. The average Bonchev–Trinajstić information content (AvgIpc) is 2.54. The Morgan fingerprint density at radius 1 is 1.00 bits per heavy atom. The number of ether oxygens (including phenoxy) is 2. The molecule has 0 unspecified atom stereocenters. The van der Waals surface area contributed by atoms with E-state index in [1.165, 1.54) is 0 Å². The molecule has 1 aliphatic rings. The molecule has 3 rings (SSSR count). The van der Waals surface area contributed by atoms with Gasteiger partial charge in [-0.15, -0.1) is 0 Å². The summed E-state index contributed by atoms with van der Waals surface area (Å²) in [5, 5.41) is 0. The molecule has 2 aromatic rings. The van der Waals surface area contributed by atoms with Gasteiger partial charge in [0.05, 0.1) is 11.4 Å². The smallest absolute Gasteiger partial charge is 0.240 e. The Labute approximate surface area is 123 Å². The van der Waals surface area contributed by atoms with Crippen molar-refractivity contribution >= 4 is 10.0 Å². The summed E-state index contributed by atoms with van der Waals surface area (Å²) in [4.78, 5) is 0.238. The van der Waals surface area contributed by atoms with E-state index in [1.54, 1.807) is 36.4 Å². The quantitative estimate of drug-likeness (QED) is 0.935. The number of benzene rings is 2. The SMILES string of the molecule is O=S(=O)(NC[C@H]1COc2ccccc2O1)c1ccccc1. The van der Waals surface area contributed by atoms with Crippen LogP contribution in [0.15, 0.2) is 59.5 Å². The van der Waals surface area contributed by atoms with Crippen molar-refractivity contribution in [3.63, 3.8) is 0 Å². The number of para-hydroxylation sites is 2. The predicted molar refractivity (Wildman–Crippen MR) is 78.0 cm³/mol. The predicted octanol–water partition coefficient (Wildman–Crippen LogP) is 1.80. The number of sulfonamides is 1. The van der Waals surface area contributed by atoms with Crippen LogP contribution in [0.1, 0.15) is 0 Å². The zero-order chi connectivity index (χ0) is 14.7. The molecule has 1 atom stereocenters. The van der Waals surface area contributed by atoms with Crippen LogP contribution in [0.5, 0.6) is 11.5 Å². The van der Waals surface area contributed by atoms with Crippen molar-refractivity contribution in [1.29, 1.82) is 0 Å². The summed E-state index contributed by atoms with van der Waals surface area (Å²) in [7, 11) is -3.52. The van der Waals surface area contributed by atoms with Crippen LogP contribution in [0, 0.1) is 0 Å². The Morgan fingerprint density at radius 3 is 2.43 bits per heavy atom. The van der Waals surface area contributed by atoms with Crippen molar-refractivity contribution in [2.75, 3.05) is 13.2 Å². The number of hydrogen-bond acceptors (Lipinski definition) is 4. The minimum absolute atomic E-state index is 0.158. The molecule has 0 aromatic heterocycles. The molecule has 5 nitrogen and oxygen atoms in total. The van der Waals surface area contributed by atoms with Gasteiger partial charge < -0.3 is 9.47 Å². The van der Waals surface area contributed by atoms with Gasteiger partial charge in [0.15, 0.2) is 11.5 Å². The van der Waals surface area contributed by atoms with Gasteiger partial charge in [-0.1, -0.05) is 30.3 Å². The summed E-state index contributed by atoms with van der Waals surface area (Å²) in [5.41, 5.74) is 0. The Morgan fingerprint density at radius 2 is 1.67 bits per heavy atom. The van der Waals surface area contributed by atoms with Gasteiger partial charge in [-0.2, -0.15) is 0 Å². The lowest BCUT2D eigenvalue weighted by Crippen LogP contribution is -2.40. The standard InChI is InChI=1S/C15H15NO4S/c17-21(18,13-6-2-1-3-7-13)16-10-12-11-19-14-8-4-5-9-15(14)20-12/h1-9,12,16H,10-11H2/t12-/m0/s1. The van der Waals surface area contributed by atoms with Crippen LogP contribution in [0.25, 0.3) is 0 Å². The average molecular weight is 305 g/mol. The molecule has 0 bridgehead atoms. The van der Waals surface area contributed by atoms with Crippen LogP contribution in [0.3, 0.4) is 0 Å². The summed E-state index contributed by atoms with van der Waals surface area (Å²) in [5.74, 6) is 1.31. The van der Waals surface area contributed by atoms with E-state index in [0.717, 1.165) is 0 Å². The second-order valence-corrected chi connectivity index (χ2v) is 6.43. The maximum Gasteiger partial charge on any atom is 0.240 e. The maximum atomic E-state index is 12.1. The van der Waals surface area contributed by atoms with Crippen LogP contribution in [0.2, 0.25) is 0 Å². The third-order valence-electron chi connectivity index (χ3n) is 3.12. The first-order valence-corrected chi connectivity index (χ1v) is 8.07. The van der Waals surface area contributed by atoms with Crippen LogP contribution in [0.4, 0.5) is 0 Å². The van der Waals surface area contributed by atoms with E-state index in [4.69, 9.17) is 9.47 Å². The number of rotatable bonds is 4. The molecule has 0 fully saturated rings. The van der Waals surface area contributed by atoms with Crippen LogP contribution in [-0.2, 0) is 10.0 Å². The molecule has 0 saturated heterocycles. The van der Waals surface area contributed by atoms with Crippen molar-refractivity contribution in [1.82, 2.24) is 4.72 Å². The summed E-state index contributed by atoms with van der Waals surface area (Å²) in [6.07, 6.45) is -0.349. The Balaban J connectivity index is 1.64. The molecule has 6 heteroatoms. The van der Waals surface area contributed by atoms with E-state index in [2.05, 4.69) is 4.72 Å². The molecule has 0 radical (unpaired) electrons. The van der Waals surface area contributed by atoms with Gasteiger partial charge in [0.25, 0.3) is 0 Å². The molecule has 0 amide bonds. The largest absolute Gasteiger partial charge is 0.486 e. The minimum atomic E-state index is -3.52. The highest BCUT2D eigenvalue weighted by Crippen LogP contribution is 2.30. The first-order chi connectivity index (χ1) is 10.1. The van der Waals surface area contributed by atoms with Crippen LogP contribution < -0.4 is 14.2 Å². The fraction of sp³-hybridized carbons (Fsp3) is 0.200. The first-order valence-electron chi connectivity index (χ1n) is 6.58. The highest BCUT2D eigenvalue weighted by atomic mass is 32.2. The van der Waals surface area contributed by atoms with Crippen molar-refractivity contribution in [2.24, 2.45) is 0 Å². The fourth-order valence-corrected chi connectivity index (χ4v) is 3.14. The zero-order valence-corrected chi connectivity index (χ0v) is 12.0. The number of hydrogen-bond donors (Lipinski definition) is 1. The van der Waals surface area contributed by atoms with Gasteiger partial charge >= 0.3 is 0 Å². The van der Waals surface area contributed by atoms with Gasteiger partial charge in [0, 0.05) is 0 Å². The lowest BCUT2D eigenvalue weighted by Gasteiger charge is -2.26. The topological polar surface area (TPSA) is 64.6 Å². The van der Waals surface area contributed by atoms with E-state index in [0.29, 0.717) is 18.1 Å². The third-order valence-corrected chi connectivity index (χ3v) is 4.56. The van der Waals surface area contributed by atoms with Crippen molar-refractivity contribution in [2.45, 2.75) is 11.0 Å². The summed E-state index contributed by atoms with van der Waals surface area (Å²) in [6.45, 7) is 0.472. The molecule has 2 aromatic carbocycles. The van der Waals surface area contributed by atoms with Gasteiger partial charge in [0.1, 0.15) is 12.7 Å². The van der Waals surface area contributed by atoms with E-state index in [1.807, 2.05) is 18.2 Å². The van der Waals surface area contributed by atoms with E-state index >= 15 is 0 Å². The summed E-state index contributed by atoms with van der Waals surface area (Å²) >= 11 is 0. The van der Waals surface area contributed by atoms with Crippen LogP contribution in [-0.4, -0.2) is 27.7 Å². The van der Waals surface area contributed by atoms with Gasteiger partial charge in [-0.25, -0.2) is 13.1 Å². The van der Waals surface area contributed by atoms with Crippen molar-refractivity contribution < 1.29 is 17.9 Å². The molecule has 0 saturated carbocycles. The summed E-state index contributed by atoms with van der Waals surface area (Å²) in [6, 6.07) is 15.6. The third kappa shape index (κ3) is 3.17.